The largest absolute Gasteiger partial charge is 0.508 e. The molecule has 0 saturated heterocycles. The molecule has 62 valence electrons. The molecule has 0 heterocycles. The number of aliphatic hydroxyl groups excluding tert-OH is 1. The zero-order valence-corrected chi connectivity index (χ0v) is 6.74. The molecular formula is C9H9NO2. The first-order chi connectivity index (χ1) is 5.81. The fourth-order valence-corrected chi connectivity index (χ4v) is 0.921. The lowest BCUT2D eigenvalue weighted by Gasteiger charge is -2.03. The number of aliphatic hydroxyl groups is 1. The van der Waals surface area contributed by atoms with E-state index in [1.165, 1.54) is 7.11 Å². The highest BCUT2D eigenvalue weighted by molar-refractivity contribution is 5.58. The highest BCUT2D eigenvalue weighted by Crippen LogP contribution is 2.27. The topological polar surface area (TPSA) is 33.8 Å². The van der Waals surface area contributed by atoms with Crippen LogP contribution in [0.25, 0.3) is 4.85 Å². The summed E-state index contributed by atoms with van der Waals surface area (Å²) in [6.45, 7) is 6.77. The zero-order valence-electron chi connectivity index (χ0n) is 6.74. The van der Waals surface area contributed by atoms with Crippen molar-refractivity contribution in [3.8, 4) is 5.75 Å². The summed E-state index contributed by atoms with van der Waals surface area (Å²) in [7, 11) is 1.52. The quantitative estimate of drug-likeness (QED) is 0.674. The summed E-state index contributed by atoms with van der Waals surface area (Å²) >= 11 is 0. The van der Waals surface area contributed by atoms with Crippen molar-refractivity contribution in [2.24, 2.45) is 0 Å². The molecule has 1 N–H and O–H groups in total. The molecule has 0 saturated carbocycles. The van der Waals surface area contributed by atoms with Gasteiger partial charge in [-0.3, -0.25) is 0 Å². The number of hydrogen-bond acceptors (Lipinski definition) is 2. The minimum Gasteiger partial charge on any atom is -0.508 e. The highest BCUT2D eigenvalue weighted by Gasteiger charge is 2.02. The average Bonchev–Trinajstić information content (AvgIpc) is 2.16. The second kappa shape index (κ2) is 3.74. The van der Waals surface area contributed by atoms with E-state index < -0.39 is 0 Å². The lowest BCUT2D eigenvalue weighted by Crippen LogP contribution is -1.86. The van der Waals surface area contributed by atoms with Crippen LogP contribution in [0.1, 0.15) is 5.56 Å². The summed E-state index contributed by atoms with van der Waals surface area (Å²) in [4.78, 5) is 3.26. The van der Waals surface area contributed by atoms with Gasteiger partial charge in [0, 0.05) is 0 Å². The Morgan fingerprint density at radius 1 is 1.58 bits per heavy atom. The molecule has 0 atom stereocenters. The summed E-state index contributed by atoms with van der Waals surface area (Å²) in [6, 6.07) is 5.03. The van der Waals surface area contributed by atoms with E-state index in [2.05, 4.69) is 4.85 Å². The van der Waals surface area contributed by atoms with Crippen LogP contribution in [0.5, 0.6) is 5.75 Å². The Morgan fingerprint density at radius 3 is 2.83 bits per heavy atom. The standard InChI is InChI=1S/C9H9NO2/c1-10-8-5-7(6-11)3-4-9(8)12-2/h3-5,11H,6H2,2H3. The molecule has 3 heteroatoms. The minimum absolute atomic E-state index is 0.0491. The second-order valence-electron chi connectivity index (χ2n) is 2.28. The third kappa shape index (κ3) is 1.55. The Bertz CT molecular complexity index is 315. The lowest BCUT2D eigenvalue weighted by molar-refractivity contribution is 0.281. The van der Waals surface area contributed by atoms with Crippen LogP contribution in [0, 0.1) is 6.57 Å². The number of ether oxygens (including phenoxy) is 1. The summed E-state index contributed by atoms with van der Waals surface area (Å²) < 4.78 is 4.94. The van der Waals surface area contributed by atoms with Gasteiger partial charge < -0.3 is 9.84 Å². The molecule has 0 unspecified atom stereocenters. The predicted molar refractivity (Wildman–Crippen MR) is 45.2 cm³/mol. The van der Waals surface area contributed by atoms with E-state index in [4.69, 9.17) is 16.4 Å². The van der Waals surface area contributed by atoms with Crippen LogP contribution in [0.4, 0.5) is 5.69 Å². The van der Waals surface area contributed by atoms with Gasteiger partial charge >= 0.3 is 0 Å². The Labute approximate surface area is 71.0 Å². The van der Waals surface area contributed by atoms with Gasteiger partial charge in [-0.25, -0.2) is 4.85 Å². The fourth-order valence-electron chi connectivity index (χ4n) is 0.921. The van der Waals surface area contributed by atoms with E-state index >= 15 is 0 Å². The molecule has 0 aliphatic carbocycles. The summed E-state index contributed by atoms with van der Waals surface area (Å²) in [5.74, 6) is 0.544. The van der Waals surface area contributed by atoms with Gasteiger partial charge in [0.15, 0.2) is 0 Å². The Balaban J connectivity index is 3.13. The van der Waals surface area contributed by atoms with Gasteiger partial charge in [-0.05, 0) is 17.7 Å². The van der Waals surface area contributed by atoms with Gasteiger partial charge in [0.2, 0.25) is 5.69 Å². The normalized spacial score (nSPS) is 9.08. The number of methoxy groups -OCH3 is 1. The number of rotatable bonds is 2. The first-order valence-electron chi connectivity index (χ1n) is 3.47. The summed E-state index contributed by atoms with van der Waals surface area (Å²) in [5, 5.41) is 8.78. The fraction of sp³-hybridized carbons (Fsp3) is 0.222. The van der Waals surface area contributed by atoms with Crippen molar-refractivity contribution >= 4 is 5.69 Å². The van der Waals surface area contributed by atoms with E-state index in [0.29, 0.717) is 11.4 Å². The Hall–Kier alpha value is -1.53. The lowest BCUT2D eigenvalue weighted by atomic mass is 10.2. The molecule has 0 aliphatic rings. The van der Waals surface area contributed by atoms with Crippen LogP contribution in [0.15, 0.2) is 18.2 Å². The van der Waals surface area contributed by atoms with Crippen molar-refractivity contribution < 1.29 is 9.84 Å². The summed E-state index contributed by atoms with van der Waals surface area (Å²) in [6.07, 6.45) is 0. The monoisotopic (exact) mass is 163 g/mol. The van der Waals surface area contributed by atoms with Gasteiger partial charge in [0.05, 0.1) is 20.3 Å². The van der Waals surface area contributed by atoms with E-state index in [1.807, 2.05) is 0 Å². The molecule has 12 heavy (non-hydrogen) atoms. The van der Waals surface area contributed by atoms with Crippen molar-refractivity contribution in [1.29, 1.82) is 0 Å². The van der Waals surface area contributed by atoms with Crippen LogP contribution in [-0.4, -0.2) is 12.2 Å². The van der Waals surface area contributed by atoms with Crippen molar-refractivity contribution in [3.05, 3.63) is 35.2 Å². The number of hydrogen-bond donors (Lipinski definition) is 1. The van der Waals surface area contributed by atoms with Crippen molar-refractivity contribution in [1.82, 2.24) is 0 Å². The third-order valence-corrected chi connectivity index (χ3v) is 1.55. The van der Waals surface area contributed by atoms with E-state index in [9.17, 15) is 0 Å². The Kier molecular flexibility index (Phi) is 2.67. The van der Waals surface area contributed by atoms with Crippen LogP contribution < -0.4 is 4.74 Å². The van der Waals surface area contributed by atoms with Crippen molar-refractivity contribution in [2.75, 3.05) is 7.11 Å². The molecule has 0 bridgehead atoms. The van der Waals surface area contributed by atoms with Crippen LogP contribution in [0.2, 0.25) is 0 Å². The van der Waals surface area contributed by atoms with Crippen molar-refractivity contribution in [2.45, 2.75) is 6.61 Å². The molecule has 0 radical (unpaired) electrons. The van der Waals surface area contributed by atoms with E-state index in [0.717, 1.165) is 5.56 Å². The SMILES string of the molecule is [C-]#[N+]c1cc(CO)ccc1OC. The molecule has 0 aromatic heterocycles. The van der Waals surface area contributed by atoms with Gasteiger partial charge in [-0.15, -0.1) is 0 Å². The van der Waals surface area contributed by atoms with Crippen molar-refractivity contribution in [3.63, 3.8) is 0 Å². The molecule has 1 aromatic rings. The average molecular weight is 163 g/mol. The van der Waals surface area contributed by atoms with Crippen LogP contribution in [-0.2, 0) is 6.61 Å². The zero-order chi connectivity index (χ0) is 8.97. The van der Waals surface area contributed by atoms with Gasteiger partial charge in [-0.2, -0.15) is 0 Å². The minimum atomic E-state index is -0.0491. The highest BCUT2D eigenvalue weighted by atomic mass is 16.5. The number of nitrogens with zero attached hydrogens (tertiary/aromatic N) is 1. The van der Waals surface area contributed by atoms with Gasteiger partial charge in [0.1, 0.15) is 5.75 Å². The molecule has 0 fully saturated rings. The molecule has 0 amide bonds. The maximum atomic E-state index is 8.78. The molecule has 0 spiro atoms. The van der Waals surface area contributed by atoms with Crippen LogP contribution in [0.3, 0.4) is 0 Å². The van der Waals surface area contributed by atoms with Gasteiger partial charge in [0.25, 0.3) is 0 Å². The second-order valence-corrected chi connectivity index (χ2v) is 2.28. The molecule has 1 aromatic carbocycles. The summed E-state index contributed by atoms with van der Waals surface area (Å²) in [5.41, 5.74) is 1.16. The van der Waals surface area contributed by atoms with Crippen LogP contribution >= 0.6 is 0 Å². The van der Waals surface area contributed by atoms with E-state index in [-0.39, 0.29) is 6.61 Å². The first-order valence-corrected chi connectivity index (χ1v) is 3.47. The molecule has 1 rings (SSSR count). The molecule has 0 aliphatic heterocycles. The first kappa shape index (κ1) is 8.57. The maximum absolute atomic E-state index is 8.78. The molecular weight excluding hydrogens is 154 g/mol. The van der Waals surface area contributed by atoms with Gasteiger partial charge in [-0.1, -0.05) is 6.07 Å². The van der Waals surface area contributed by atoms with E-state index in [1.54, 1.807) is 18.2 Å². The predicted octanol–water partition coefficient (Wildman–Crippen LogP) is 1.74. The smallest absolute Gasteiger partial charge is 0.228 e. The molecule has 3 nitrogen and oxygen atoms in total. The third-order valence-electron chi connectivity index (χ3n) is 1.55. The Morgan fingerprint density at radius 2 is 2.33 bits per heavy atom. The number of benzene rings is 1. The maximum Gasteiger partial charge on any atom is 0.228 e.